The average molecular weight is 471 g/mol. The Kier molecular flexibility index (Phi) is 6.13. The fourth-order valence-corrected chi connectivity index (χ4v) is 5.41. The van der Waals surface area contributed by atoms with Crippen molar-refractivity contribution in [3.05, 3.63) is 137 Å². The fourth-order valence-electron chi connectivity index (χ4n) is 5.41. The first kappa shape index (κ1) is 22.4. The summed E-state index contributed by atoms with van der Waals surface area (Å²) in [5.74, 6) is 1.86. The molecule has 0 saturated carbocycles. The standard InChI is InChI=1S/C33H30N2O/c1-23-14-19-31-30(20-23)28-11-7-12-29(28)33(35-31)25-15-17-27(18-16-25)34-21-26-10-5-6-13-32(26)36-22-24-8-3-2-4-9-24/h2-11,13-21,28-29,33,35H,12,22H2,1H3/t28-,29-,33+/m1/s1. The highest BCUT2D eigenvalue weighted by molar-refractivity contribution is 5.85. The maximum absolute atomic E-state index is 6.08. The van der Waals surface area contributed by atoms with Crippen molar-refractivity contribution in [2.24, 2.45) is 10.9 Å². The van der Waals surface area contributed by atoms with E-state index in [1.54, 1.807) is 0 Å². The number of aryl methyl sites for hydroxylation is 1. The van der Waals surface area contributed by atoms with Crippen molar-refractivity contribution in [2.75, 3.05) is 5.32 Å². The van der Waals surface area contributed by atoms with Crippen LogP contribution in [0.15, 0.2) is 114 Å². The molecule has 3 nitrogen and oxygen atoms in total. The summed E-state index contributed by atoms with van der Waals surface area (Å²) in [7, 11) is 0. The molecule has 0 amide bonds. The summed E-state index contributed by atoms with van der Waals surface area (Å²) in [6.07, 6.45) is 7.74. The van der Waals surface area contributed by atoms with Crippen LogP contribution in [0.1, 0.15) is 46.2 Å². The van der Waals surface area contributed by atoms with Crippen LogP contribution in [0.3, 0.4) is 0 Å². The number of rotatable bonds is 6. The molecular formula is C33H30N2O. The van der Waals surface area contributed by atoms with Gasteiger partial charge in [-0.3, -0.25) is 4.99 Å². The number of nitrogens with one attached hydrogen (secondary N) is 1. The molecule has 0 unspecified atom stereocenters. The topological polar surface area (TPSA) is 33.6 Å². The minimum Gasteiger partial charge on any atom is -0.488 e. The first-order valence-corrected chi connectivity index (χ1v) is 12.7. The van der Waals surface area contributed by atoms with E-state index >= 15 is 0 Å². The molecule has 0 aromatic heterocycles. The van der Waals surface area contributed by atoms with Gasteiger partial charge in [0.25, 0.3) is 0 Å². The van der Waals surface area contributed by atoms with Crippen LogP contribution in [0.25, 0.3) is 0 Å². The van der Waals surface area contributed by atoms with Crippen molar-refractivity contribution in [1.29, 1.82) is 0 Å². The third kappa shape index (κ3) is 4.57. The molecule has 4 aromatic rings. The van der Waals surface area contributed by atoms with Crippen LogP contribution in [-0.2, 0) is 6.61 Å². The summed E-state index contributed by atoms with van der Waals surface area (Å²) in [5.41, 5.74) is 8.37. The van der Waals surface area contributed by atoms with Crippen molar-refractivity contribution in [3.63, 3.8) is 0 Å². The number of ether oxygens (including phenoxy) is 1. The lowest BCUT2D eigenvalue weighted by Gasteiger charge is -2.37. The van der Waals surface area contributed by atoms with E-state index in [1.165, 1.54) is 22.4 Å². The number of benzene rings is 4. The zero-order chi connectivity index (χ0) is 24.3. The Morgan fingerprint density at radius 2 is 1.72 bits per heavy atom. The lowest BCUT2D eigenvalue weighted by Crippen LogP contribution is -2.29. The number of para-hydroxylation sites is 1. The average Bonchev–Trinajstić information content (AvgIpc) is 3.42. The number of hydrogen-bond acceptors (Lipinski definition) is 3. The van der Waals surface area contributed by atoms with Gasteiger partial charge < -0.3 is 10.1 Å². The van der Waals surface area contributed by atoms with Gasteiger partial charge in [0.2, 0.25) is 0 Å². The second-order valence-corrected chi connectivity index (χ2v) is 9.73. The lowest BCUT2D eigenvalue weighted by atomic mass is 9.76. The molecule has 3 heteroatoms. The van der Waals surface area contributed by atoms with Gasteiger partial charge in [-0.1, -0.05) is 84.4 Å². The van der Waals surface area contributed by atoms with Crippen LogP contribution >= 0.6 is 0 Å². The number of hydrogen-bond donors (Lipinski definition) is 1. The number of aliphatic imine (C=N–C) groups is 1. The Morgan fingerprint density at radius 1 is 0.917 bits per heavy atom. The van der Waals surface area contributed by atoms with Gasteiger partial charge in [-0.15, -0.1) is 0 Å². The van der Waals surface area contributed by atoms with Gasteiger partial charge in [0, 0.05) is 23.4 Å². The van der Waals surface area contributed by atoms with Crippen LogP contribution in [-0.4, -0.2) is 6.21 Å². The molecule has 0 radical (unpaired) electrons. The van der Waals surface area contributed by atoms with E-state index in [0.29, 0.717) is 24.5 Å². The summed E-state index contributed by atoms with van der Waals surface area (Å²) in [6, 6.07) is 34.0. The summed E-state index contributed by atoms with van der Waals surface area (Å²) < 4.78 is 6.08. The van der Waals surface area contributed by atoms with Crippen LogP contribution < -0.4 is 10.1 Å². The van der Waals surface area contributed by atoms with E-state index in [2.05, 4.69) is 79.0 Å². The molecular weight excluding hydrogens is 440 g/mol. The second kappa shape index (κ2) is 9.87. The van der Waals surface area contributed by atoms with E-state index in [9.17, 15) is 0 Å². The Bertz CT molecular complexity index is 1410. The molecule has 6 rings (SSSR count). The molecule has 1 heterocycles. The van der Waals surface area contributed by atoms with Crippen molar-refractivity contribution in [1.82, 2.24) is 0 Å². The molecule has 4 aromatic carbocycles. The lowest BCUT2D eigenvalue weighted by molar-refractivity contribution is 0.306. The van der Waals surface area contributed by atoms with E-state index in [4.69, 9.17) is 9.73 Å². The third-order valence-electron chi connectivity index (χ3n) is 7.28. The van der Waals surface area contributed by atoms with E-state index in [-0.39, 0.29) is 0 Å². The largest absolute Gasteiger partial charge is 0.488 e. The quantitative estimate of drug-likeness (QED) is 0.228. The Hall–Kier alpha value is -4.11. The van der Waals surface area contributed by atoms with Gasteiger partial charge in [0.05, 0.1) is 11.7 Å². The normalized spacial score (nSPS) is 20.1. The highest BCUT2D eigenvalue weighted by Gasteiger charge is 2.37. The van der Waals surface area contributed by atoms with Crippen molar-refractivity contribution in [3.8, 4) is 5.75 Å². The van der Waals surface area contributed by atoms with E-state index in [1.807, 2.05) is 48.7 Å². The molecule has 1 aliphatic heterocycles. The molecule has 36 heavy (non-hydrogen) atoms. The fraction of sp³-hybridized carbons (Fsp3) is 0.182. The van der Waals surface area contributed by atoms with Crippen LogP contribution in [0.4, 0.5) is 11.4 Å². The predicted octanol–water partition coefficient (Wildman–Crippen LogP) is 8.15. The molecule has 0 saturated heterocycles. The summed E-state index contributed by atoms with van der Waals surface area (Å²) in [6.45, 7) is 2.71. The van der Waals surface area contributed by atoms with Crippen LogP contribution in [0.2, 0.25) is 0 Å². The molecule has 1 N–H and O–H groups in total. The Balaban J connectivity index is 1.18. The van der Waals surface area contributed by atoms with Gasteiger partial charge in [0.1, 0.15) is 12.4 Å². The maximum atomic E-state index is 6.08. The van der Waals surface area contributed by atoms with Crippen LogP contribution in [0.5, 0.6) is 5.75 Å². The zero-order valence-electron chi connectivity index (χ0n) is 20.5. The number of allylic oxidation sites excluding steroid dienone is 2. The second-order valence-electron chi connectivity index (χ2n) is 9.73. The number of nitrogens with zero attached hydrogens (tertiary/aromatic N) is 1. The van der Waals surface area contributed by atoms with E-state index < -0.39 is 0 Å². The van der Waals surface area contributed by atoms with Gasteiger partial charge in [0.15, 0.2) is 0 Å². The SMILES string of the molecule is Cc1ccc2c(c1)[C@@H]1C=CC[C@H]1[C@H](c1ccc(N=Cc3ccccc3OCc3ccccc3)cc1)N2. The smallest absolute Gasteiger partial charge is 0.128 e. The zero-order valence-corrected chi connectivity index (χ0v) is 20.5. The highest BCUT2D eigenvalue weighted by atomic mass is 16.5. The summed E-state index contributed by atoms with van der Waals surface area (Å²) in [5, 5.41) is 3.83. The monoisotopic (exact) mass is 470 g/mol. The molecule has 0 spiro atoms. The van der Waals surface area contributed by atoms with Gasteiger partial charge in [-0.05, 0) is 66.3 Å². The van der Waals surface area contributed by atoms with Crippen molar-refractivity contribution in [2.45, 2.75) is 31.9 Å². The third-order valence-corrected chi connectivity index (χ3v) is 7.28. The van der Waals surface area contributed by atoms with E-state index in [0.717, 1.165) is 29.0 Å². The van der Waals surface area contributed by atoms with Crippen LogP contribution in [0, 0.1) is 12.8 Å². The molecule has 178 valence electrons. The molecule has 2 aliphatic rings. The number of anilines is 1. The summed E-state index contributed by atoms with van der Waals surface area (Å²) >= 11 is 0. The number of fused-ring (bicyclic) bond motifs is 3. The molecule has 1 aliphatic carbocycles. The van der Waals surface area contributed by atoms with Gasteiger partial charge in [-0.25, -0.2) is 0 Å². The summed E-state index contributed by atoms with van der Waals surface area (Å²) in [4.78, 5) is 4.75. The van der Waals surface area contributed by atoms with Gasteiger partial charge in [-0.2, -0.15) is 0 Å². The molecule has 3 atom stereocenters. The van der Waals surface area contributed by atoms with Crippen molar-refractivity contribution >= 4 is 17.6 Å². The minimum atomic E-state index is 0.297. The molecule has 0 bridgehead atoms. The Labute approximate surface area is 213 Å². The predicted molar refractivity (Wildman–Crippen MR) is 148 cm³/mol. The first-order chi connectivity index (χ1) is 17.7. The van der Waals surface area contributed by atoms with Gasteiger partial charge >= 0.3 is 0 Å². The highest BCUT2D eigenvalue weighted by Crippen LogP contribution is 2.50. The maximum Gasteiger partial charge on any atom is 0.128 e. The van der Waals surface area contributed by atoms with Crippen molar-refractivity contribution < 1.29 is 4.74 Å². The first-order valence-electron chi connectivity index (χ1n) is 12.7. The Morgan fingerprint density at radius 3 is 2.58 bits per heavy atom. The molecule has 0 fully saturated rings. The minimum absolute atomic E-state index is 0.297.